The Labute approximate surface area is 161 Å². The van der Waals surface area contributed by atoms with Crippen LogP contribution in [0.2, 0.25) is 0 Å². The van der Waals surface area contributed by atoms with Crippen molar-refractivity contribution < 1.29 is 13.2 Å². The van der Waals surface area contributed by atoms with E-state index in [0.29, 0.717) is 22.6 Å². The predicted octanol–water partition coefficient (Wildman–Crippen LogP) is 6.50. The van der Waals surface area contributed by atoms with Crippen LogP contribution in [0.15, 0.2) is 58.3 Å². The number of nitrogens with zero attached hydrogens (tertiary/aromatic N) is 2. The van der Waals surface area contributed by atoms with E-state index in [1.165, 1.54) is 12.1 Å². The number of H-pyrrole nitrogens is 1. The van der Waals surface area contributed by atoms with E-state index in [9.17, 15) is 13.2 Å². The van der Waals surface area contributed by atoms with Crippen molar-refractivity contribution in [2.75, 3.05) is 5.75 Å². The molecule has 0 radical (unpaired) electrons. The third-order valence-electron chi connectivity index (χ3n) is 3.90. The van der Waals surface area contributed by atoms with Gasteiger partial charge in [0, 0.05) is 15.2 Å². The smallest absolute Gasteiger partial charge is 0.337 e. The average Bonchev–Trinajstić information content (AvgIpc) is 3.03. The highest BCUT2D eigenvalue weighted by atomic mass is 32.2. The Hall–Kier alpha value is -2.19. The molecule has 0 aliphatic rings. The van der Waals surface area contributed by atoms with Crippen LogP contribution in [0.4, 0.5) is 13.2 Å². The van der Waals surface area contributed by atoms with Crippen LogP contribution in [0.5, 0.6) is 0 Å². The van der Waals surface area contributed by atoms with Gasteiger partial charge in [0.2, 0.25) is 0 Å². The summed E-state index contributed by atoms with van der Waals surface area (Å²) in [5.41, 5.74) is -1.59. The Morgan fingerprint density at radius 1 is 1.00 bits per heavy atom. The molecule has 0 fully saturated rings. The monoisotopic (exact) mass is 405 g/mol. The summed E-state index contributed by atoms with van der Waals surface area (Å²) in [6, 6.07) is 14.4. The number of para-hydroxylation sites is 1. The van der Waals surface area contributed by atoms with E-state index in [1.807, 2.05) is 24.3 Å². The molecule has 2 aromatic carbocycles. The lowest BCUT2D eigenvalue weighted by Crippen LogP contribution is -1.98. The first-order valence-electron chi connectivity index (χ1n) is 8.21. The fourth-order valence-corrected chi connectivity index (χ4v) is 4.21. The SMILES string of the molecule is CCSc1cc2ccccc2nc1-c1nc2ccc(SC(F)(F)F)cc2[nH]1. The Morgan fingerprint density at radius 2 is 1.81 bits per heavy atom. The summed E-state index contributed by atoms with van der Waals surface area (Å²) < 4.78 is 37.9. The van der Waals surface area contributed by atoms with Crippen LogP contribution in [-0.4, -0.2) is 26.2 Å². The van der Waals surface area contributed by atoms with Gasteiger partial charge >= 0.3 is 5.51 Å². The van der Waals surface area contributed by atoms with E-state index >= 15 is 0 Å². The molecule has 0 atom stereocenters. The van der Waals surface area contributed by atoms with Crippen molar-refractivity contribution in [1.29, 1.82) is 0 Å². The van der Waals surface area contributed by atoms with E-state index in [2.05, 4.69) is 23.0 Å². The Morgan fingerprint density at radius 3 is 2.59 bits per heavy atom. The molecule has 1 N–H and O–H groups in total. The summed E-state index contributed by atoms with van der Waals surface area (Å²) in [6.45, 7) is 2.06. The van der Waals surface area contributed by atoms with Crippen molar-refractivity contribution in [3.63, 3.8) is 0 Å². The number of benzene rings is 2. The minimum Gasteiger partial charge on any atom is -0.337 e. The maximum Gasteiger partial charge on any atom is 0.446 e. The van der Waals surface area contributed by atoms with Gasteiger partial charge in [0.15, 0.2) is 5.82 Å². The van der Waals surface area contributed by atoms with Crippen molar-refractivity contribution >= 4 is 45.5 Å². The number of pyridine rings is 1. The van der Waals surface area contributed by atoms with E-state index < -0.39 is 5.51 Å². The standard InChI is InChI=1S/C19H14F3N3S2/c1-2-26-16-9-11-5-3-4-6-13(11)23-17(16)18-24-14-8-7-12(10-15(14)25-18)27-19(20,21)22/h3-10H,2H2,1H3,(H,24,25). The van der Waals surface area contributed by atoms with Gasteiger partial charge in [0.25, 0.3) is 0 Å². The number of imidazole rings is 1. The zero-order chi connectivity index (χ0) is 19.0. The minimum atomic E-state index is -4.32. The lowest BCUT2D eigenvalue weighted by atomic mass is 10.2. The highest BCUT2D eigenvalue weighted by Crippen LogP contribution is 2.38. The fraction of sp³-hybridized carbons (Fsp3) is 0.158. The number of nitrogens with one attached hydrogen (secondary N) is 1. The van der Waals surface area contributed by atoms with Crippen molar-refractivity contribution in [3.05, 3.63) is 48.5 Å². The van der Waals surface area contributed by atoms with Crippen LogP contribution in [0.1, 0.15) is 6.92 Å². The van der Waals surface area contributed by atoms with Crippen LogP contribution < -0.4 is 0 Å². The maximum atomic E-state index is 12.6. The first-order valence-corrected chi connectivity index (χ1v) is 10.0. The summed E-state index contributed by atoms with van der Waals surface area (Å²) in [6.07, 6.45) is 0. The van der Waals surface area contributed by atoms with Crippen molar-refractivity contribution in [3.8, 4) is 11.5 Å². The molecule has 4 aromatic rings. The van der Waals surface area contributed by atoms with Gasteiger partial charge in [-0.05, 0) is 47.8 Å². The van der Waals surface area contributed by atoms with Gasteiger partial charge in [-0.2, -0.15) is 13.2 Å². The molecule has 8 heteroatoms. The Balaban J connectivity index is 1.82. The van der Waals surface area contributed by atoms with Gasteiger partial charge in [-0.15, -0.1) is 11.8 Å². The maximum absolute atomic E-state index is 12.6. The average molecular weight is 405 g/mol. The fourth-order valence-electron chi connectivity index (χ4n) is 2.83. The molecular weight excluding hydrogens is 391 g/mol. The first-order chi connectivity index (χ1) is 12.9. The van der Waals surface area contributed by atoms with Gasteiger partial charge in [0.05, 0.1) is 16.6 Å². The summed E-state index contributed by atoms with van der Waals surface area (Å²) in [4.78, 5) is 13.5. The molecule has 2 heterocycles. The van der Waals surface area contributed by atoms with Crippen molar-refractivity contribution in [1.82, 2.24) is 15.0 Å². The van der Waals surface area contributed by atoms with Crippen LogP contribution in [0.25, 0.3) is 33.5 Å². The van der Waals surface area contributed by atoms with E-state index in [4.69, 9.17) is 4.98 Å². The van der Waals surface area contributed by atoms with E-state index in [-0.39, 0.29) is 16.7 Å². The zero-order valence-electron chi connectivity index (χ0n) is 14.2. The molecule has 0 unspecified atom stereocenters. The van der Waals surface area contributed by atoms with Gasteiger partial charge in [-0.3, -0.25) is 0 Å². The lowest BCUT2D eigenvalue weighted by Gasteiger charge is -2.07. The number of aromatic nitrogens is 3. The highest BCUT2D eigenvalue weighted by molar-refractivity contribution is 8.00. The Bertz CT molecular complexity index is 1120. The first kappa shape index (κ1) is 18.2. The number of aromatic amines is 1. The molecule has 2 aromatic heterocycles. The van der Waals surface area contributed by atoms with Crippen molar-refractivity contribution in [2.24, 2.45) is 0 Å². The van der Waals surface area contributed by atoms with Gasteiger partial charge in [0.1, 0.15) is 5.69 Å². The van der Waals surface area contributed by atoms with Crippen molar-refractivity contribution in [2.45, 2.75) is 22.2 Å². The summed E-state index contributed by atoms with van der Waals surface area (Å²) in [5, 5.41) is 1.04. The number of thioether (sulfide) groups is 2. The molecule has 0 spiro atoms. The quantitative estimate of drug-likeness (QED) is 0.393. The number of hydrogen-bond acceptors (Lipinski definition) is 4. The molecular formula is C19H14F3N3S2. The third-order valence-corrected chi connectivity index (χ3v) is 5.53. The van der Waals surface area contributed by atoms with Crippen LogP contribution in [-0.2, 0) is 0 Å². The molecule has 0 aliphatic heterocycles. The molecule has 3 nitrogen and oxygen atoms in total. The number of halogens is 3. The molecule has 27 heavy (non-hydrogen) atoms. The van der Waals surface area contributed by atoms with Crippen LogP contribution in [0.3, 0.4) is 0 Å². The molecule has 0 saturated carbocycles. The zero-order valence-corrected chi connectivity index (χ0v) is 15.8. The van der Waals surface area contributed by atoms with E-state index in [1.54, 1.807) is 17.8 Å². The topological polar surface area (TPSA) is 41.6 Å². The summed E-state index contributed by atoms with van der Waals surface area (Å²) in [5.74, 6) is 1.43. The van der Waals surface area contributed by atoms with Gasteiger partial charge < -0.3 is 4.98 Å². The highest BCUT2D eigenvalue weighted by Gasteiger charge is 2.29. The number of rotatable bonds is 4. The largest absolute Gasteiger partial charge is 0.446 e. The lowest BCUT2D eigenvalue weighted by molar-refractivity contribution is -0.0328. The number of alkyl halides is 3. The normalized spacial score (nSPS) is 12.1. The minimum absolute atomic E-state index is 0.125. The number of hydrogen-bond donors (Lipinski definition) is 1. The molecule has 0 aliphatic carbocycles. The Kier molecular flexibility index (Phi) is 4.77. The number of fused-ring (bicyclic) bond motifs is 2. The van der Waals surface area contributed by atoms with E-state index in [0.717, 1.165) is 21.6 Å². The molecule has 0 saturated heterocycles. The third kappa shape index (κ3) is 3.91. The van der Waals surface area contributed by atoms with Gasteiger partial charge in [-0.1, -0.05) is 25.1 Å². The second kappa shape index (κ2) is 7.09. The van der Waals surface area contributed by atoms with Crippen LogP contribution in [0, 0.1) is 0 Å². The molecule has 0 bridgehead atoms. The predicted molar refractivity (Wildman–Crippen MR) is 105 cm³/mol. The summed E-state index contributed by atoms with van der Waals surface area (Å²) >= 11 is 1.52. The van der Waals surface area contributed by atoms with Crippen LogP contribution >= 0.6 is 23.5 Å². The van der Waals surface area contributed by atoms with Gasteiger partial charge in [-0.25, -0.2) is 9.97 Å². The molecule has 4 rings (SSSR count). The molecule has 138 valence electrons. The molecule has 0 amide bonds. The second-order valence-corrected chi connectivity index (χ2v) is 8.22. The second-order valence-electron chi connectivity index (χ2n) is 5.77. The summed E-state index contributed by atoms with van der Waals surface area (Å²) in [7, 11) is 0.